The van der Waals surface area contributed by atoms with Crippen LogP contribution in [0.4, 0.5) is 5.69 Å². The monoisotopic (exact) mass is 419 g/mol. The summed E-state index contributed by atoms with van der Waals surface area (Å²) in [7, 11) is -3.77. The van der Waals surface area contributed by atoms with Crippen LogP contribution in [0.25, 0.3) is 0 Å². The second-order valence-corrected chi connectivity index (χ2v) is 20.7. The van der Waals surface area contributed by atoms with E-state index in [0.29, 0.717) is 0 Å². The number of nitrogens with one attached hydrogen (secondary N) is 1. The molecule has 0 amide bonds. The van der Waals surface area contributed by atoms with Gasteiger partial charge in [0.05, 0.1) is 6.10 Å². The van der Waals surface area contributed by atoms with Crippen molar-refractivity contribution in [2.45, 2.75) is 96.4 Å². The molecule has 1 heterocycles. The molecule has 28 heavy (non-hydrogen) atoms. The van der Waals surface area contributed by atoms with E-state index in [9.17, 15) is 0 Å². The smallest absolute Gasteiger partial charge is 0.250 e. The van der Waals surface area contributed by atoms with E-state index in [2.05, 4.69) is 97.8 Å². The topological polar surface area (TPSA) is 30.5 Å². The zero-order valence-electron chi connectivity index (χ0n) is 19.7. The van der Waals surface area contributed by atoms with E-state index in [1.807, 2.05) is 6.08 Å². The average molecular weight is 420 g/mol. The summed E-state index contributed by atoms with van der Waals surface area (Å²) in [6, 6.07) is 6.69. The van der Waals surface area contributed by atoms with E-state index in [0.717, 1.165) is 17.9 Å². The number of hydrogen-bond donors (Lipinski definition) is 1. The van der Waals surface area contributed by atoms with Crippen molar-refractivity contribution in [3.05, 3.63) is 36.4 Å². The maximum absolute atomic E-state index is 6.86. The van der Waals surface area contributed by atoms with Gasteiger partial charge in [0.2, 0.25) is 8.32 Å². The number of hydrogen-bond acceptors (Lipinski definition) is 3. The fourth-order valence-electron chi connectivity index (χ4n) is 2.87. The molecule has 0 bridgehead atoms. The van der Waals surface area contributed by atoms with Gasteiger partial charge >= 0.3 is 0 Å². The maximum Gasteiger partial charge on any atom is 0.250 e. The molecule has 0 saturated carbocycles. The van der Waals surface area contributed by atoms with Crippen molar-refractivity contribution in [1.29, 1.82) is 0 Å². The minimum Gasteiger partial charge on any atom is -0.543 e. The molecule has 0 unspecified atom stereocenters. The van der Waals surface area contributed by atoms with Crippen LogP contribution in [0.2, 0.25) is 36.3 Å². The predicted octanol–water partition coefficient (Wildman–Crippen LogP) is 7.50. The van der Waals surface area contributed by atoms with E-state index in [1.165, 1.54) is 5.56 Å². The fraction of sp³-hybridized carbons (Fsp3) is 0.652. The minimum absolute atomic E-state index is 0.0723. The van der Waals surface area contributed by atoms with Gasteiger partial charge in [-0.05, 0) is 54.5 Å². The Kier molecular flexibility index (Phi) is 6.35. The number of benzene rings is 1. The molecule has 1 aromatic rings. The van der Waals surface area contributed by atoms with Gasteiger partial charge < -0.3 is 14.2 Å². The van der Waals surface area contributed by atoms with Gasteiger partial charge in [0.15, 0.2) is 8.32 Å². The highest BCUT2D eigenvalue weighted by molar-refractivity contribution is 6.75. The van der Waals surface area contributed by atoms with Gasteiger partial charge in [-0.2, -0.15) is 0 Å². The molecule has 0 saturated heterocycles. The Morgan fingerprint density at radius 2 is 1.57 bits per heavy atom. The zero-order chi connectivity index (χ0) is 21.5. The molecule has 0 spiro atoms. The summed E-state index contributed by atoms with van der Waals surface area (Å²) in [6.45, 7) is 27.0. The van der Waals surface area contributed by atoms with Gasteiger partial charge in [-0.25, -0.2) is 0 Å². The summed E-state index contributed by atoms with van der Waals surface area (Å²) in [5.74, 6) is 0.966. The Bertz CT molecular complexity index is 714. The largest absolute Gasteiger partial charge is 0.543 e. The van der Waals surface area contributed by atoms with E-state index in [1.54, 1.807) is 0 Å². The molecule has 2 rings (SSSR count). The Labute approximate surface area is 175 Å². The Morgan fingerprint density at radius 3 is 2.07 bits per heavy atom. The van der Waals surface area contributed by atoms with E-state index in [-0.39, 0.29) is 22.2 Å². The molecule has 5 heteroatoms. The number of fused-ring (bicyclic) bond motifs is 1. The standard InChI is InChI=1S/C23H41NO2Si2/c1-12-17-15-21(26-28(10,11)23(5,6)7)19-16-18(13-14-20(19)24-17)25-27(8,9)22(2,3)4/h12-14,16-17,21,24H,1,15H2,2-11H3/t17-,21-/m0/s1. The third kappa shape index (κ3) is 4.92. The lowest BCUT2D eigenvalue weighted by Crippen LogP contribution is -2.44. The van der Waals surface area contributed by atoms with Gasteiger partial charge in [-0.1, -0.05) is 47.6 Å². The summed E-state index contributed by atoms with van der Waals surface area (Å²) in [4.78, 5) is 0. The van der Waals surface area contributed by atoms with E-state index >= 15 is 0 Å². The van der Waals surface area contributed by atoms with Gasteiger partial charge in [0.1, 0.15) is 5.75 Å². The molecular weight excluding hydrogens is 378 g/mol. The third-order valence-electron chi connectivity index (χ3n) is 6.89. The molecule has 1 aliphatic heterocycles. The van der Waals surface area contributed by atoms with E-state index < -0.39 is 16.6 Å². The molecule has 0 fully saturated rings. The summed E-state index contributed by atoms with van der Waals surface area (Å²) < 4.78 is 13.4. The van der Waals surface area contributed by atoms with Crippen LogP contribution in [0.3, 0.4) is 0 Å². The molecule has 3 nitrogen and oxygen atoms in total. The highest BCUT2D eigenvalue weighted by Gasteiger charge is 2.42. The zero-order valence-corrected chi connectivity index (χ0v) is 21.7. The Morgan fingerprint density at radius 1 is 1.00 bits per heavy atom. The third-order valence-corrected chi connectivity index (χ3v) is 15.7. The van der Waals surface area contributed by atoms with Crippen molar-refractivity contribution in [2.75, 3.05) is 5.32 Å². The normalized spacial score (nSPS) is 20.9. The highest BCUT2D eigenvalue weighted by atomic mass is 28.4. The van der Waals surface area contributed by atoms with Gasteiger partial charge in [-0.15, -0.1) is 6.58 Å². The second-order valence-electron chi connectivity index (χ2n) is 11.2. The lowest BCUT2D eigenvalue weighted by Gasteiger charge is -2.42. The van der Waals surface area contributed by atoms with Crippen molar-refractivity contribution in [3.63, 3.8) is 0 Å². The van der Waals surface area contributed by atoms with Crippen LogP contribution in [0.1, 0.15) is 59.6 Å². The molecule has 0 aromatic heterocycles. The minimum atomic E-state index is -1.89. The molecule has 0 radical (unpaired) electrons. The van der Waals surface area contributed by atoms with Crippen molar-refractivity contribution >= 4 is 22.3 Å². The Balaban J connectivity index is 2.40. The fourth-order valence-corrected chi connectivity index (χ4v) is 5.18. The highest BCUT2D eigenvalue weighted by Crippen LogP contribution is 2.45. The first-order valence-corrected chi connectivity index (χ1v) is 16.3. The van der Waals surface area contributed by atoms with Crippen LogP contribution in [0, 0.1) is 0 Å². The molecule has 2 atom stereocenters. The van der Waals surface area contributed by atoms with Gasteiger partial charge in [0.25, 0.3) is 0 Å². The summed E-state index contributed by atoms with van der Waals surface area (Å²) in [5, 5.41) is 3.94. The maximum atomic E-state index is 6.86. The van der Waals surface area contributed by atoms with Crippen molar-refractivity contribution in [1.82, 2.24) is 0 Å². The van der Waals surface area contributed by atoms with Crippen LogP contribution < -0.4 is 9.74 Å². The first kappa shape index (κ1) is 23.2. The van der Waals surface area contributed by atoms with Gasteiger partial charge in [-0.3, -0.25) is 0 Å². The first-order valence-electron chi connectivity index (χ1n) is 10.5. The quantitative estimate of drug-likeness (QED) is 0.396. The molecule has 0 aliphatic carbocycles. The van der Waals surface area contributed by atoms with Crippen molar-refractivity contribution in [2.24, 2.45) is 0 Å². The van der Waals surface area contributed by atoms with Crippen molar-refractivity contribution in [3.8, 4) is 5.75 Å². The molecule has 158 valence electrons. The van der Waals surface area contributed by atoms with Crippen LogP contribution in [-0.4, -0.2) is 22.7 Å². The summed E-state index contributed by atoms with van der Waals surface area (Å²) >= 11 is 0. The van der Waals surface area contributed by atoms with Crippen LogP contribution in [0.15, 0.2) is 30.9 Å². The molecule has 1 aromatic carbocycles. The predicted molar refractivity (Wildman–Crippen MR) is 128 cm³/mol. The lowest BCUT2D eigenvalue weighted by molar-refractivity contribution is 0.167. The summed E-state index contributed by atoms with van der Waals surface area (Å²) in [6.07, 6.45) is 2.97. The SMILES string of the molecule is C=C[C@H]1C[C@H](O[Si](C)(C)C(C)(C)C)c2cc(O[Si](C)(C)C(C)(C)C)ccc2N1. The average Bonchev–Trinajstić information content (AvgIpc) is 2.52. The second kappa shape index (κ2) is 7.65. The Hall–Kier alpha value is -1.05. The lowest BCUT2D eigenvalue weighted by atomic mass is 9.95. The molecular formula is C23H41NO2Si2. The van der Waals surface area contributed by atoms with Crippen LogP contribution in [-0.2, 0) is 4.43 Å². The molecule has 1 aliphatic rings. The first-order chi connectivity index (χ1) is 12.6. The number of anilines is 1. The van der Waals surface area contributed by atoms with Crippen LogP contribution in [0.5, 0.6) is 5.75 Å². The van der Waals surface area contributed by atoms with Crippen LogP contribution >= 0.6 is 0 Å². The summed E-state index contributed by atoms with van der Waals surface area (Å²) in [5.41, 5.74) is 2.36. The van der Waals surface area contributed by atoms with Gasteiger partial charge in [0, 0.05) is 23.7 Å². The molecule has 1 N–H and O–H groups in total. The van der Waals surface area contributed by atoms with Crippen molar-refractivity contribution < 1.29 is 8.85 Å². The number of rotatable bonds is 5. The van der Waals surface area contributed by atoms with E-state index in [4.69, 9.17) is 8.85 Å².